The van der Waals surface area contributed by atoms with E-state index in [1.54, 1.807) is 12.4 Å². The van der Waals surface area contributed by atoms with Crippen molar-refractivity contribution in [3.63, 3.8) is 0 Å². The van der Waals surface area contributed by atoms with Crippen molar-refractivity contribution in [1.29, 1.82) is 0 Å². The number of nitrogens with zero attached hydrogens (tertiary/aromatic N) is 6. The van der Waals surface area contributed by atoms with E-state index in [1.165, 1.54) is 17.4 Å². The van der Waals surface area contributed by atoms with Gasteiger partial charge in [0, 0.05) is 31.3 Å². The van der Waals surface area contributed by atoms with Crippen LogP contribution in [-0.2, 0) is 13.0 Å². The van der Waals surface area contributed by atoms with Gasteiger partial charge in [0.25, 0.3) is 0 Å². The molecular formula is C19H21N7O. The van der Waals surface area contributed by atoms with Crippen molar-refractivity contribution in [3.05, 3.63) is 52.1 Å². The number of hydrogen-bond acceptors (Lipinski definition) is 5. The van der Waals surface area contributed by atoms with Crippen LogP contribution in [-0.4, -0.2) is 34.1 Å². The van der Waals surface area contributed by atoms with Gasteiger partial charge in [-0.3, -0.25) is 14.3 Å². The molecule has 1 aliphatic carbocycles. The first kappa shape index (κ1) is 16.2. The topological polar surface area (TPSA) is 93.8 Å². The molecule has 0 amide bonds. The summed E-state index contributed by atoms with van der Waals surface area (Å²) in [6, 6.07) is 3.86. The quantitative estimate of drug-likeness (QED) is 0.601. The maximum atomic E-state index is 13.0. The highest BCUT2D eigenvalue weighted by molar-refractivity contribution is 5.72. The monoisotopic (exact) mass is 363 g/mol. The number of rotatable bonds is 4. The van der Waals surface area contributed by atoms with E-state index in [0.717, 1.165) is 24.2 Å². The van der Waals surface area contributed by atoms with Crippen molar-refractivity contribution in [3.8, 4) is 0 Å². The highest BCUT2D eigenvalue weighted by Gasteiger charge is 2.24. The smallest absolute Gasteiger partial charge is 0.301 e. The predicted octanol–water partition coefficient (Wildman–Crippen LogP) is 2.43. The van der Waals surface area contributed by atoms with E-state index in [9.17, 15) is 4.79 Å². The summed E-state index contributed by atoms with van der Waals surface area (Å²) in [7, 11) is 0. The van der Waals surface area contributed by atoms with Crippen molar-refractivity contribution in [2.45, 2.75) is 51.5 Å². The molecule has 0 bridgehead atoms. The van der Waals surface area contributed by atoms with Crippen LogP contribution in [0.5, 0.6) is 0 Å². The summed E-state index contributed by atoms with van der Waals surface area (Å²) in [5.74, 6) is 2.48. The van der Waals surface area contributed by atoms with E-state index in [4.69, 9.17) is 4.98 Å². The van der Waals surface area contributed by atoms with Crippen LogP contribution in [0.15, 0.2) is 29.3 Å². The molecule has 0 saturated heterocycles. The normalized spacial score (nSPS) is 15.3. The lowest BCUT2D eigenvalue weighted by Gasteiger charge is -2.04. The average Bonchev–Trinajstić information content (AvgIpc) is 3.42. The number of fused-ring (bicyclic) bond motifs is 2. The van der Waals surface area contributed by atoms with Crippen LogP contribution in [0.3, 0.4) is 0 Å². The Hall–Kier alpha value is -3.03. The Kier molecular flexibility index (Phi) is 3.77. The van der Waals surface area contributed by atoms with Gasteiger partial charge in [-0.15, -0.1) is 5.10 Å². The Morgan fingerprint density at radius 2 is 2.11 bits per heavy atom. The molecule has 0 aromatic carbocycles. The standard InChI is InChI=1S/C19H21N7O/c1-2-25-17-15(22-16(23-17)13-7-3-4-8-13)18(27)26-19(25)21-14(24-26)10-12-6-5-9-20-11-12/h5-6,9,11,13H,2-4,7-8,10H2,1H3,(H,22,23). The fourth-order valence-electron chi connectivity index (χ4n) is 4.03. The molecule has 4 heterocycles. The molecule has 4 aromatic rings. The molecule has 5 rings (SSSR count). The number of pyridine rings is 1. The molecule has 1 saturated carbocycles. The predicted molar refractivity (Wildman–Crippen MR) is 101 cm³/mol. The highest BCUT2D eigenvalue weighted by atomic mass is 16.1. The van der Waals surface area contributed by atoms with Gasteiger partial charge in [0.2, 0.25) is 5.78 Å². The Labute approximate surface area is 155 Å². The summed E-state index contributed by atoms with van der Waals surface area (Å²) in [6.07, 6.45) is 8.77. The number of H-pyrrole nitrogens is 1. The van der Waals surface area contributed by atoms with Crippen molar-refractivity contribution >= 4 is 16.9 Å². The van der Waals surface area contributed by atoms with Gasteiger partial charge in [-0.25, -0.2) is 4.98 Å². The van der Waals surface area contributed by atoms with Crippen LogP contribution >= 0.6 is 0 Å². The zero-order valence-electron chi connectivity index (χ0n) is 15.2. The van der Waals surface area contributed by atoms with Crippen molar-refractivity contribution in [2.24, 2.45) is 0 Å². The fraction of sp³-hybridized carbons (Fsp3) is 0.421. The SMILES string of the molecule is CCn1c2nc(C3CCCC3)[nH]c2c(=O)n2nc(Cc3cccnc3)nc12. The summed E-state index contributed by atoms with van der Waals surface area (Å²) in [4.78, 5) is 29.8. The molecular weight excluding hydrogens is 342 g/mol. The summed E-state index contributed by atoms with van der Waals surface area (Å²) in [6.45, 7) is 2.70. The molecule has 8 heteroatoms. The number of aromatic nitrogens is 7. The van der Waals surface area contributed by atoms with Gasteiger partial charge in [-0.05, 0) is 31.4 Å². The molecule has 0 aliphatic heterocycles. The van der Waals surface area contributed by atoms with Crippen molar-refractivity contribution in [1.82, 2.24) is 34.1 Å². The number of aromatic amines is 1. The minimum absolute atomic E-state index is 0.189. The molecule has 8 nitrogen and oxygen atoms in total. The first-order valence-corrected chi connectivity index (χ1v) is 9.51. The molecule has 1 aliphatic rings. The van der Waals surface area contributed by atoms with Crippen LogP contribution < -0.4 is 5.56 Å². The lowest BCUT2D eigenvalue weighted by Crippen LogP contribution is -2.19. The molecule has 0 unspecified atom stereocenters. The Morgan fingerprint density at radius 3 is 2.85 bits per heavy atom. The fourth-order valence-corrected chi connectivity index (χ4v) is 4.03. The zero-order valence-corrected chi connectivity index (χ0v) is 15.2. The van der Waals surface area contributed by atoms with Crippen molar-refractivity contribution in [2.75, 3.05) is 0 Å². The van der Waals surface area contributed by atoms with Gasteiger partial charge in [0.15, 0.2) is 17.0 Å². The lowest BCUT2D eigenvalue weighted by molar-refractivity contribution is 0.678. The Balaban J connectivity index is 1.66. The van der Waals surface area contributed by atoms with Gasteiger partial charge in [0.1, 0.15) is 5.82 Å². The van der Waals surface area contributed by atoms with E-state index in [2.05, 4.69) is 20.1 Å². The second-order valence-electron chi connectivity index (χ2n) is 7.13. The summed E-state index contributed by atoms with van der Waals surface area (Å²) in [5, 5.41) is 4.47. The third-order valence-electron chi connectivity index (χ3n) is 5.38. The maximum absolute atomic E-state index is 13.0. The largest absolute Gasteiger partial charge is 0.336 e. The Morgan fingerprint density at radius 1 is 1.26 bits per heavy atom. The molecule has 138 valence electrons. The van der Waals surface area contributed by atoms with Gasteiger partial charge >= 0.3 is 5.56 Å². The third-order valence-corrected chi connectivity index (χ3v) is 5.38. The van der Waals surface area contributed by atoms with E-state index in [0.29, 0.717) is 41.6 Å². The van der Waals surface area contributed by atoms with E-state index in [-0.39, 0.29) is 5.56 Å². The molecule has 1 fully saturated rings. The van der Waals surface area contributed by atoms with Crippen LogP contribution in [0.4, 0.5) is 0 Å². The Bertz CT molecular complexity index is 1170. The average molecular weight is 363 g/mol. The van der Waals surface area contributed by atoms with E-state index >= 15 is 0 Å². The summed E-state index contributed by atoms with van der Waals surface area (Å²) in [5.41, 5.74) is 2.02. The molecule has 0 radical (unpaired) electrons. The summed E-state index contributed by atoms with van der Waals surface area (Å²) < 4.78 is 3.36. The van der Waals surface area contributed by atoms with E-state index in [1.807, 2.05) is 23.6 Å². The maximum Gasteiger partial charge on any atom is 0.301 e. The second kappa shape index (κ2) is 6.29. The van der Waals surface area contributed by atoms with Crippen molar-refractivity contribution < 1.29 is 0 Å². The molecule has 4 aromatic heterocycles. The third kappa shape index (κ3) is 2.63. The number of imidazole rings is 1. The first-order chi connectivity index (χ1) is 13.2. The van der Waals surface area contributed by atoms with Gasteiger partial charge in [-0.2, -0.15) is 9.50 Å². The minimum atomic E-state index is -0.189. The first-order valence-electron chi connectivity index (χ1n) is 9.51. The van der Waals surface area contributed by atoms with Crippen LogP contribution in [0.25, 0.3) is 16.9 Å². The number of aryl methyl sites for hydroxylation is 1. The lowest BCUT2D eigenvalue weighted by atomic mass is 10.1. The number of nitrogens with one attached hydrogen (secondary N) is 1. The molecule has 1 N–H and O–H groups in total. The highest BCUT2D eigenvalue weighted by Crippen LogP contribution is 2.33. The van der Waals surface area contributed by atoms with Gasteiger partial charge in [0.05, 0.1) is 0 Å². The number of hydrogen-bond donors (Lipinski definition) is 1. The minimum Gasteiger partial charge on any atom is -0.336 e. The second-order valence-corrected chi connectivity index (χ2v) is 7.13. The molecule has 0 spiro atoms. The molecule has 0 atom stereocenters. The summed E-state index contributed by atoms with van der Waals surface area (Å²) >= 11 is 0. The van der Waals surface area contributed by atoms with Crippen LogP contribution in [0.2, 0.25) is 0 Å². The van der Waals surface area contributed by atoms with Crippen LogP contribution in [0, 0.1) is 0 Å². The van der Waals surface area contributed by atoms with Gasteiger partial charge in [-0.1, -0.05) is 18.9 Å². The van der Waals surface area contributed by atoms with E-state index < -0.39 is 0 Å². The van der Waals surface area contributed by atoms with Gasteiger partial charge < -0.3 is 4.98 Å². The zero-order chi connectivity index (χ0) is 18.4. The molecule has 27 heavy (non-hydrogen) atoms. The van der Waals surface area contributed by atoms with Crippen LogP contribution in [0.1, 0.15) is 55.7 Å².